The lowest BCUT2D eigenvalue weighted by molar-refractivity contribution is 0.198. The fraction of sp³-hybridized carbons (Fsp3) is 0.500. The van der Waals surface area contributed by atoms with Crippen molar-refractivity contribution in [1.29, 1.82) is 0 Å². The predicted molar refractivity (Wildman–Crippen MR) is 57.0 cm³/mol. The third kappa shape index (κ3) is 4.09. The van der Waals surface area contributed by atoms with Crippen LogP contribution in [0.1, 0.15) is 6.42 Å². The van der Waals surface area contributed by atoms with Gasteiger partial charge in [0.15, 0.2) is 0 Å². The van der Waals surface area contributed by atoms with Gasteiger partial charge in [-0.1, -0.05) is 11.6 Å². The molecule has 0 saturated carbocycles. The first-order valence-corrected chi connectivity index (χ1v) is 4.91. The van der Waals surface area contributed by atoms with Crippen LogP contribution in [0.15, 0.2) is 6.07 Å². The Balaban J connectivity index is 2.42. The molecule has 0 aliphatic carbocycles. The summed E-state index contributed by atoms with van der Waals surface area (Å²) in [7, 11) is 1.67. The SMILES string of the molecule is COCCCNc1cc(Cl)nc(Cl)n1. The van der Waals surface area contributed by atoms with Crippen LogP contribution < -0.4 is 5.32 Å². The lowest BCUT2D eigenvalue weighted by Crippen LogP contribution is -2.06. The molecule has 78 valence electrons. The second-order valence-corrected chi connectivity index (χ2v) is 3.34. The van der Waals surface area contributed by atoms with E-state index in [1.165, 1.54) is 0 Å². The molecule has 14 heavy (non-hydrogen) atoms. The Kier molecular flexibility index (Phi) is 4.93. The lowest BCUT2D eigenvalue weighted by atomic mass is 10.4. The second-order valence-electron chi connectivity index (χ2n) is 2.62. The summed E-state index contributed by atoms with van der Waals surface area (Å²) in [6.07, 6.45) is 0.899. The number of anilines is 1. The van der Waals surface area contributed by atoms with Crippen molar-refractivity contribution in [2.24, 2.45) is 0 Å². The van der Waals surface area contributed by atoms with Gasteiger partial charge in [-0.2, -0.15) is 0 Å². The van der Waals surface area contributed by atoms with Crippen molar-refractivity contribution in [3.63, 3.8) is 0 Å². The van der Waals surface area contributed by atoms with E-state index in [-0.39, 0.29) is 5.28 Å². The van der Waals surface area contributed by atoms with Gasteiger partial charge in [-0.3, -0.25) is 0 Å². The van der Waals surface area contributed by atoms with Crippen LogP contribution in [-0.2, 0) is 4.74 Å². The summed E-state index contributed by atoms with van der Waals surface area (Å²) in [5, 5.41) is 3.54. The van der Waals surface area contributed by atoms with Crippen LogP contribution in [0.25, 0.3) is 0 Å². The molecule has 1 aromatic heterocycles. The first-order valence-electron chi connectivity index (χ1n) is 4.15. The van der Waals surface area contributed by atoms with Crippen LogP contribution in [0.4, 0.5) is 5.82 Å². The fourth-order valence-corrected chi connectivity index (χ4v) is 1.32. The average Bonchev–Trinajstić information content (AvgIpc) is 2.11. The summed E-state index contributed by atoms with van der Waals surface area (Å²) in [6.45, 7) is 1.47. The summed E-state index contributed by atoms with van der Waals surface area (Å²) in [5.41, 5.74) is 0. The van der Waals surface area contributed by atoms with Crippen molar-refractivity contribution in [2.45, 2.75) is 6.42 Å². The Morgan fingerprint density at radius 1 is 1.43 bits per heavy atom. The van der Waals surface area contributed by atoms with Crippen molar-refractivity contribution in [2.75, 3.05) is 25.6 Å². The van der Waals surface area contributed by atoms with E-state index in [4.69, 9.17) is 27.9 Å². The highest BCUT2D eigenvalue weighted by atomic mass is 35.5. The second kappa shape index (κ2) is 6.01. The number of halogens is 2. The van der Waals surface area contributed by atoms with E-state index in [1.807, 2.05) is 0 Å². The molecule has 0 bridgehead atoms. The summed E-state index contributed by atoms with van der Waals surface area (Å²) >= 11 is 11.3. The van der Waals surface area contributed by atoms with Gasteiger partial charge in [-0.15, -0.1) is 0 Å². The molecule has 0 amide bonds. The molecule has 0 radical (unpaired) electrons. The Hall–Kier alpha value is -0.580. The van der Waals surface area contributed by atoms with Gasteiger partial charge in [0.2, 0.25) is 5.28 Å². The first-order chi connectivity index (χ1) is 6.72. The minimum Gasteiger partial charge on any atom is -0.385 e. The standard InChI is InChI=1S/C8H11Cl2N3O/c1-14-4-2-3-11-7-5-6(9)12-8(10)13-7/h5H,2-4H2,1H3,(H,11,12,13). The van der Waals surface area contributed by atoms with Gasteiger partial charge in [0.05, 0.1) is 0 Å². The van der Waals surface area contributed by atoms with Gasteiger partial charge < -0.3 is 10.1 Å². The molecule has 0 atom stereocenters. The number of hydrogen-bond acceptors (Lipinski definition) is 4. The summed E-state index contributed by atoms with van der Waals surface area (Å²) in [6, 6.07) is 1.63. The number of nitrogens with one attached hydrogen (secondary N) is 1. The van der Waals surface area contributed by atoms with E-state index in [1.54, 1.807) is 13.2 Å². The van der Waals surface area contributed by atoms with Crippen molar-refractivity contribution in [1.82, 2.24) is 9.97 Å². The lowest BCUT2D eigenvalue weighted by Gasteiger charge is -2.04. The maximum absolute atomic E-state index is 5.69. The smallest absolute Gasteiger partial charge is 0.225 e. The number of hydrogen-bond donors (Lipinski definition) is 1. The third-order valence-corrected chi connectivity index (χ3v) is 1.86. The van der Waals surface area contributed by atoms with Gasteiger partial charge in [0.25, 0.3) is 0 Å². The first kappa shape index (κ1) is 11.5. The Labute approximate surface area is 92.6 Å². The van der Waals surface area contributed by atoms with Crippen molar-refractivity contribution < 1.29 is 4.74 Å². The van der Waals surface area contributed by atoms with Gasteiger partial charge >= 0.3 is 0 Å². The summed E-state index contributed by atoms with van der Waals surface area (Å²) < 4.78 is 4.90. The van der Waals surface area contributed by atoms with Gasteiger partial charge in [-0.25, -0.2) is 9.97 Å². The normalized spacial score (nSPS) is 10.2. The number of rotatable bonds is 5. The molecule has 1 heterocycles. The zero-order chi connectivity index (χ0) is 10.4. The van der Waals surface area contributed by atoms with Crippen molar-refractivity contribution >= 4 is 29.0 Å². The number of methoxy groups -OCH3 is 1. The Bertz CT molecular complexity index is 276. The molecular weight excluding hydrogens is 225 g/mol. The molecule has 1 rings (SSSR count). The molecule has 0 aliphatic heterocycles. The van der Waals surface area contributed by atoms with Gasteiger partial charge in [-0.05, 0) is 18.0 Å². The molecule has 0 aromatic carbocycles. The van der Waals surface area contributed by atoms with Crippen LogP contribution in [0.3, 0.4) is 0 Å². The quantitative estimate of drug-likeness (QED) is 0.483. The molecule has 4 nitrogen and oxygen atoms in total. The molecule has 0 saturated heterocycles. The van der Waals surface area contributed by atoms with Crippen LogP contribution >= 0.6 is 23.2 Å². The van der Waals surface area contributed by atoms with Crippen LogP contribution in [0.2, 0.25) is 10.4 Å². The molecular formula is C8H11Cl2N3O. The molecule has 0 aliphatic rings. The third-order valence-electron chi connectivity index (χ3n) is 1.50. The van der Waals surface area contributed by atoms with Crippen LogP contribution in [-0.4, -0.2) is 30.2 Å². The molecule has 1 aromatic rings. The number of aromatic nitrogens is 2. The Morgan fingerprint density at radius 2 is 2.21 bits per heavy atom. The summed E-state index contributed by atoms with van der Waals surface area (Å²) in [5.74, 6) is 0.631. The monoisotopic (exact) mass is 235 g/mol. The van der Waals surface area contributed by atoms with Crippen molar-refractivity contribution in [3.8, 4) is 0 Å². The maximum atomic E-state index is 5.69. The minimum absolute atomic E-state index is 0.145. The number of nitrogens with zero attached hydrogens (tertiary/aromatic N) is 2. The molecule has 0 unspecified atom stereocenters. The van der Waals surface area contributed by atoms with E-state index in [0.29, 0.717) is 17.6 Å². The van der Waals surface area contributed by atoms with E-state index in [9.17, 15) is 0 Å². The number of ether oxygens (including phenoxy) is 1. The molecule has 6 heteroatoms. The molecule has 0 spiro atoms. The van der Waals surface area contributed by atoms with E-state index >= 15 is 0 Å². The van der Waals surface area contributed by atoms with Gasteiger partial charge in [0.1, 0.15) is 11.0 Å². The van der Waals surface area contributed by atoms with E-state index in [2.05, 4.69) is 15.3 Å². The highest BCUT2D eigenvalue weighted by Gasteiger charge is 1.99. The highest BCUT2D eigenvalue weighted by Crippen LogP contribution is 2.13. The van der Waals surface area contributed by atoms with Gasteiger partial charge in [0, 0.05) is 26.3 Å². The van der Waals surface area contributed by atoms with Crippen LogP contribution in [0, 0.1) is 0 Å². The maximum Gasteiger partial charge on any atom is 0.225 e. The minimum atomic E-state index is 0.145. The zero-order valence-electron chi connectivity index (χ0n) is 7.76. The van der Waals surface area contributed by atoms with Crippen molar-refractivity contribution in [3.05, 3.63) is 16.5 Å². The predicted octanol–water partition coefficient (Wildman–Crippen LogP) is 2.23. The fourth-order valence-electron chi connectivity index (χ4n) is 0.913. The summed E-state index contributed by atoms with van der Waals surface area (Å²) in [4.78, 5) is 7.68. The average molecular weight is 236 g/mol. The molecule has 1 N–H and O–H groups in total. The van der Waals surface area contributed by atoms with E-state index < -0.39 is 0 Å². The van der Waals surface area contributed by atoms with Crippen LogP contribution in [0.5, 0.6) is 0 Å². The Morgan fingerprint density at radius 3 is 2.86 bits per heavy atom. The largest absolute Gasteiger partial charge is 0.385 e. The zero-order valence-corrected chi connectivity index (χ0v) is 9.27. The highest BCUT2D eigenvalue weighted by molar-refractivity contribution is 6.32. The topological polar surface area (TPSA) is 47.0 Å². The molecule has 0 fully saturated rings. The van der Waals surface area contributed by atoms with E-state index in [0.717, 1.165) is 13.0 Å².